The predicted octanol–water partition coefficient (Wildman–Crippen LogP) is 2.67. The minimum Gasteiger partial charge on any atom is -0.448 e. The van der Waals surface area contributed by atoms with Crippen molar-refractivity contribution in [3.05, 3.63) is 24.8 Å². The number of carbonyl (C=O) groups is 2. The van der Waals surface area contributed by atoms with E-state index in [-0.39, 0.29) is 11.7 Å². The van der Waals surface area contributed by atoms with E-state index >= 15 is 0 Å². The Labute approximate surface area is 120 Å². The molecule has 0 aromatic carbocycles. The first-order chi connectivity index (χ1) is 9.42. The van der Waals surface area contributed by atoms with Crippen molar-refractivity contribution in [1.82, 2.24) is 0 Å². The molecule has 106 valence electrons. The number of terminal acetylenes is 1. The SMILES string of the molecule is C#C[C@H](OC(C)=O)[C@@]12C=CCC[C@@]1(C)C(=O)C[C@@H]2C=C. The van der Waals surface area contributed by atoms with E-state index in [2.05, 4.69) is 12.5 Å². The lowest BCUT2D eigenvalue weighted by molar-refractivity contribution is -0.154. The van der Waals surface area contributed by atoms with Crippen LogP contribution in [-0.4, -0.2) is 17.9 Å². The van der Waals surface area contributed by atoms with Gasteiger partial charge in [-0.15, -0.1) is 13.0 Å². The van der Waals surface area contributed by atoms with Gasteiger partial charge in [0.1, 0.15) is 5.78 Å². The van der Waals surface area contributed by atoms with Crippen molar-refractivity contribution in [2.45, 2.75) is 39.2 Å². The maximum atomic E-state index is 12.5. The second-order valence-corrected chi connectivity index (χ2v) is 5.83. The molecule has 0 aliphatic heterocycles. The van der Waals surface area contributed by atoms with Gasteiger partial charge in [-0.2, -0.15) is 0 Å². The Morgan fingerprint density at radius 2 is 2.40 bits per heavy atom. The Morgan fingerprint density at radius 3 is 2.95 bits per heavy atom. The van der Waals surface area contributed by atoms with Crippen LogP contribution in [-0.2, 0) is 14.3 Å². The molecule has 0 N–H and O–H groups in total. The summed E-state index contributed by atoms with van der Waals surface area (Å²) in [6.07, 6.45) is 12.6. The van der Waals surface area contributed by atoms with Gasteiger partial charge in [0.05, 0.1) is 5.41 Å². The van der Waals surface area contributed by atoms with Gasteiger partial charge in [-0.3, -0.25) is 9.59 Å². The number of carbonyl (C=O) groups excluding carboxylic acids is 2. The van der Waals surface area contributed by atoms with Crippen LogP contribution in [0.15, 0.2) is 24.8 Å². The Morgan fingerprint density at radius 1 is 1.70 bits per heavy atom. The van der Waals surface area contributed by atoms with Crippen molar-refractivity contribution in [2.24, 2.45) is 16.7 Å². The molecule has 3 nitrogen and oxygen atoms in total. The smallest absolute Gasteiger partial charge is 0.303 e. The monoisotopic (exact) mass is 272 g/mol. The highest BCUT2D eigenvalue weighted by Gasteiger charge is 2.65. The first kappa shape index (κ1) is 14.6. The predicted molar refractivity (Wildman–Crippen MR) is 76.6 cm³/mol. The van der Waals surface area contributed by atoms with Gasteiger partial charge >= 0.3 is 5.97 Å². The van der Waals surface area contributed by atoms with Crippen LogP contribution in [0, 0.1) is 29.1 Å². The molecule has 0 bridgehead atoms. The lowest BCUT2D eigenvalue weighted by Gasteiger charge is -2.47. The maximum Gasteiger partial charge on any atom is 0.303 e. The molecule has 0 radical (unpaired) electrons. The zero-order chi connectivity index (χ0) is 15.0. The van der Waals surface area contributed by atoms with Crippen LogP contribution in [0.1, 0.15) is 33.1 Å². The van der Waals surface area contributed by atoms with E-state index < -0.39 is 22.9 Å². The summed E-state index contributed by atoms with van der Waals surface area (Å²) in [6, 6.07) is 0. The molecule has 0 spiro atoms. The van der Waals surface area contributed by atoms with Gasteiger partial charge in [-0.25, -0.2) is 0 Å². The molecule has 0 heterocycles. The topological polar surface area (TPSA) is 43.4 Å². The van der Waals surface area contributed by atoms with E-state index in [0.717, 1.165) is 12.8 Å². The second kappa shape index (κ2) is 4.94. The fraction of sp³-hybridized carbons (Fsp3) is 0.529. The number of Topliss-reactive ketones (excluding diaryl/α,β-unsaturated/α-hetero) is 1. The van der Waals surface area contributed by atoms with Gasteiger partial charge in [-0.1, -0.05) is 31.1 Å². The Bertz CT molecular complexity index is 525. The number of hydrogen-bond acceptors (Lipinski definition) is 3. The van der Waals surface area contributed by atoms with Crippen LogP contribution < -0.4 is 0 Å². The van der Waals surface area contributed by atoms with Gasteiger partial charge < -0.3 is 4.74 Å². The fourth-order valence-electron chi connectivity index (χ4n) is 3.84. The van der Waals surface area contributed by atoms with Crippen molar-refractivity contribution < 1.29 is 14.3 Å². The highest BCUT2D eigenvalue weighted by Crippen LogP contribution is 2.62. The molecular formula is C17H20O3. The van der Waals surface area contributed by atoms with E-state index in [4.69, 9.17) is 11.2 Å². The summed E-state index contributed by atoms with van der Waals surface area (Å²) in [5.74, 6) is 2.24. The average Bonchev–Trinajstić information content (AvgIpc) is 2.65. The van der Waals surface area contributed by atoms with Crippen LogP contribution in [0.4, 0.5) is 0 Å². The molecule has 1 saturated carbocycles. The van der Waals surface area contributed by atoms with Crippen LogP contribution in [0.25, 0.3) is 0 Å². The number of ketones is 1. The zero-order valence-corrected chi connectivity index (χ0v) is 12.0. The van der Waals surface area contributed by atoms with Crippen molar-refractivity contribution in [2.75, 3.05) is 0 Å². The third-order valence-electron chi connectivity index (χ3n) is 4.95. The van der Waals surface area contributed by atoms with Crippen LogP contribution in [0.2, 0.25) is 0 Å². The van der Waals surface area contributed by atoms with E-state index in [0.29, 0.717) is 6.42 Å². The first-order valence-electron chi connectivity index (χ1n) is 6.89. The van der Waals surface area contributed by atoms with Gasteiger partial charge in [0.2, 0.25) is 0 Å². The third-order valence-corrected chi connectivity index (χ3v) is 4.95. The summed E-state index contributed by atoms with van der Waals surface area (Å²) >= 11 is 0. The molecule has 0 saturated heterocycles. The van der Waals surface area contributed by atoms with Gasteiger partial charge in [-0.05, 0) is 18.8 Å². The van der Waals surface area contributed by atoms with E-state index in [1.807, 2.05) is 19.1 Å². The Kier molecular flexibility index (Phi) is 3.60. The summed E-state index contributed by atoms with van der Waals surface area (Å²) in [4.78, 5) is 23.9. The molecule has 2 aliphatic carbocycles. The summed E-state index contributed by atoms with van der Waals surface area (Å²) in [7, 11) is 0. The first-order valence-corrected chi connectivity index (χ1v) is 6.89. The summed E-state index contributed by atoms with van der Waals surface area (Å²) in [5, 5.41) is 0. The number of ether oxygens (including phenoxy) is 1. The lowest BCUT2D eigenvalue weighted by atomic mass is 9.56. The number of fused-ring (bicyclic) bond motifs is 1. The molecule has 0 unspecified atom stereocenters. The van der Waals surface area contributed by atoms with Gasteiger partial charge in [0.25, 0.3) is 0 Å². The Balaban J connectivity index is 2.60. The largest absolute Gasteiger partial charge is 0.448 e. The average molecular weight is 272 g/mol. The molecule has 0 amide bonds. The maximum absolute atomic E-state index is 12.5. The summed E-state index contributed by atoms with van der Waals surface area (Å²) in [5.41, 5.74) is -1.25. The number of esters is 1. The highest BCUT2D eigenvalue weighted by atomic mass is 16.5. The van der Waals surface area contributed by atoms with Crippen molar-refractivity contribution in [1.29, 1.82) is 0 Å². The van der Waals surface area contributed by atoms with Crippen LogP contribution in [0.5, 0.6) is 0 Å². The van der Waals surface area contributed by atoms with Crippen molar-refractivity contribution in [3.63, 3.8) is 0 Å². The number of rotatable bonds is 3. The second-order valence-electron chi connectivity index (χ2n) is 5.83. The molecule has 20 heavy (non-hydrogen) atoms. The third kappa shape index (κ3) is 1.75. The van der Waals surface area contributed by atoms with Crippen molar-refractivity contribution in [3.8, 4) is 12.3 Å². The quantitative estimate of drug-likeness (QED) is 0.451. The molecule has 2 aliphatic rings. The molecule has 3 heteroatoms. The summed E-state index contributed by atoms with van der Waals surface area (Å²) < 4.78 is 5.36. The van der Waals surface area contributed by atoms with Crippen LogP contribution >= 0.6 is 0 Å². The van der Waals surface area contributed by atoms with Crippen LogP contribution in [0.3, 0.4) is 0 Å². The Hall–Kier alpha value is -1.82. The minimum atomic E-state index is -0.740. The van der Waals surface area contributed by atoms with Crippen molar-refractivity contribution >= 4 is 11.8 Å². The molecule has 1 fully saturated rings. The molecule has 4 atom stereocenters. The highest BCUT2D eigenvalue weighted by molar-refractivity contribution is 5.90. The molecule has 0 aromatic rings. The van der Waals surface area contributed by atoms with Gasteiger partial charge in [0.15, 0.2) is 6.10 Å². The molecule has 0 aromatic heterocycles. The van der Waals surface area contributed by atoms with E-state index in [1.165, 1.54) is 6.92 Å². The zero-order valence-electron chi connectivity index (χ0n) is 12.0. The number of allylic oxidation sites excluding steroid dienone is 2. The normalized spacial score (nSPS) is 36.9. The van der Waals surface area contributed by atoms with E-state index in [1.54, 1.807) is 6.08 Å². The summed E-state index contributed by atoms with van der Waals surface area (Å²) in [6.45, 7) is 7.12. The molecule has 2 rings (SSSR count). The standard InChI is InChI=1S/C17H20O3/c1-5-13-11-14(19)16(4)9-7-8-10-17(13,16)15(6-2)20-12(3)18/h2,5,8,10,13,15H,1,7,9,11H2,3-4H3/t13-,15-,16-,17-/m0/s1. The van der Waals surface area contributed by atoms with E-state index in [9.17, 15) is 9.59 Å². The number of hydrogen-bond donors (Lipinski definition) is 0. The van der Waals surface area contributed by atoms with Gasteiger partial charge in [0, 0.05) is 18.8 Å². The lowest BCUT2D eigenvalue weighted by Crippen LogP contribution is -2.51. The minimum absolute atomic E-state index is 0.100. The fourth-order valence-corrected chi connectivity index (χ4v) is 3.84. The molecular weight excluding hydrogens is 252 g/mol.